The second-order valence-corrected chi connectivity index (χ2v) is 7.25. The summed E-state index contributed by atoms with van der Waals surface area (Å²) in [5.74, 6) is 1.09. The van der Waals surface area contributed by atoms with Crippen LogP contribution in [0.3, 0.4) is 0 Å². The Balaban J connectivity index is 1.41. The third-order valence-electron chi connectivity index (χ3n) is 5.35. The number of ether oxygens (including phenoxy) is 1. The van der Waals surface area contributed by atoms with Crippen molar-refractivity contribution in [1.29, 1.82) is 0 Å². The van der Waals surface area contributed by atoms with Crippen molar-refractivity contribution in [3.8, 4) is 5.75 Å². The number of hydrogen-bond acceptors (Lipinski definition) is 3. The third-order valence-corrected chi connectivity index (χ3v) is 5.35. The molecule has 130 valence electrons. The number of aryl methyl sites for hydroxylation is 1. The van der Waals surface area contributed by atoms with Gasteiger partial charge in [-0.15, -0.1) is 0 Å². The van der Waals surface area contributed by atoms with Crippen molar-refractivity contribution in [2.45, 2.75) is 57.2 Å². The minimum absolute atomic E-state index is 0.185. The van der Waals surface area contributed by atoms with Crippen LogP contribution >= 0.6 is 0 Å². The Kier molecular flexibility index (Phi) is 4.43. The number of carbonyl (C=O) groups excluding carboxylic acids is 1. The summed E-state index contributed by atoms with van der Waals surface area (Å²) in [6.07, 6.45) is 8.23. The molecular weight excluding hydrogens is 312 g/mol. The van der Waals surface area contributed by atoms with Gasteiger partial charge in [-0.05, 0) is 37.5 Å². The molecule has 1 aromatic carbocycles. The van der Waals surface area contributed by atoms with Gasteiger partial charge in [-0.1, -0.05) is 29.8 Å². The molecule has 0 radical (unpaired) electrons. The fourth-order valence-corrected chi connectivity index (χ4v) is 4.33. The Labute approximate surface area is 148 Å². The van der Waals surface area contributed by atoms with Crippen LogP contribution in [0.2, 0.25) is 0 Å². The molecule has 1 amide bonds. The van der Waals surface area contributed by atoms with Crippen LogP contribution in [0, 0.1) is 6.92 Å². The monoisotopic (exact) mass is 336 g/mol. The third kappa shape index (κ3) is 3.53. The number of aromatic nitrogens is 1. The molecule has 2 atom stereocenters. The van der Waals surface area contributed by atoms with Gasteiger partial charge in [0.2, 0.25) is 5.91 Å². The van der Waals surface area contributed by atoms with E-state index in [1.165, 1.54) is 5.56 Å². The fourth-order valence-electron chi connectivity index (χ4n) is 4.33. The zero-order valence-corrected chi connectivity index (χ0v) is 14.6. The van der Waals surface area contributed by atoms with Crippen LogP contribution in [0.15, 0.2) is 48.8 Å². The van der Waals surface area contributed by atoms with Gasteiger partial charge in [-0.25, -0.2) is 0 Å². The topological polar surface area (TPSA) is 42.4 Å². The highest BCUT2D eigenvalue weighted by Crippen LogP contribution is 2.37. The van der Waals surface area contributed by atoms with E-state index < -0.39 is 0 Å². The Hall–Kier alpha value is -2.36. The largest absolute Gasteiger partial charge is 0.489 e. The van der Waals surface area contributed by atoms with Gasteiger partial charge in [0, 0.05) is 31.1 Å². The number of nitrogens with zero attached hydrogens (tertiary/aromatic N) is 2. The first-order valence-corrected chi connectivity index (χ1v) is 9.12. The zero-order valence-electron chi connectivity index (χ0n) is 14.6. The van der Waals surface area contributed by atoms with Crippen molar-refractivity contribution in [2.75, 3.05) is 0 Å². The van der Waals surface area contributed by atoms with Crippen molar-refractivity contribution in [3.63, 3.8) is 0 Å². The lowest BCUT2D eigenvalue weighted by Crippen LogP contribution is -2.49. The van der Waals surface area contributed by atoms with Gasteiger partial charge in [-0.3, -0.25) is 9.78 Å². The van der Waals surface area contributed by atoms with Gasteiger partial charge in [0.05, 0.1) is 12.6 Å². The lowest BCUT2D eigenvalue weighted by atomic mass is 9.98. The van der Waals surface area contributed by atoms with Crippen LogP contribution in [-0.4, -0.2) is 34.0 Å². The summed E-state index contributed by atoms with van der Waals surface area (Å²) < 4.78 is 6.10. The SMILES string of the molecule is Cc1cccc(CC(=O)N2C3CCC2CC(Oc2cccnc2)C3)c1. The van der Waals surface area contributed by atoms with Gasteiger partial charge >= 0.3 is 0 Å². The van der Waals surface area contributed by atoms with Crippen molar-refractivity contribution in [1.82, 2.24) is 9.88 Å². The Morgan fingerprint density at radius 1 is 1.20 bits per heavy atom. The molecule has 0 spiro atoms. The molecule has 2 aromatic rings. The van der Waals surface area contributed by atoms with Crippen molar-refractivity contribution in [3.05, 3.63) is 59.9 Å². The lowest BCUT2D eigenvalue weighted by molar-refractivity contribution is -0.136. The predicted molar refractivity (Wildman–Crippen MR) is 96.4 cm³/mol. The van der Waals surface area contributed by atoms with Crippen LogP contribution in [0.4, 0.5) is 0 Å². The highest BCUT2D eigenvalue weighted by molar-refractivity contribution is 5.80. The molecule has 25 heavy (non-hydrogen) atoms. The maximum absolute atomic E-state index is 12.9. The molecule has 2 unspecified atom stereocenters. The quantitative estimate of drug-likeness (QED) is 0.858. The summed E-state index contributed by atoms with van der Waals surface area (Å²) in [4.78, 5) is 19.1. The van der Waals surface area contributed by atoms with E-state index in [-0.39, 0.29) is 12.0 Å². The Morgan fingerprint density at radius 3 is 2.68 bits per heavy atom. The van der Waals surface area contributed by atoms with Crippen LogP contribution in [0.25, 0.3) is 0 Å². The summed E-state index contributed by atoms with van der Waals surface area (Å²) in [5.41, 5.74) is 2.31. The molecule has 2 aliphatic rings. The van der Waals surface area contributed by atoms with Crippen molar-refractivity contribution >= 4 is 5.91 Å². The molecule has 4 nitrogen and oxygen atoms in total. The molecule has 4 heteroatoms. The number of hydrogen-bond donors (Lipinski definition) is 0. The molecule has 4 rings (SSSR count). The molecular formula is C21H24N2O2. The summed E-state index contributed by atoms with van der Waals surface area (Å²) in [5, 5.41) is 0. The standard InChI is InChI=1S/C21H24N2O2/c1-15-4-2-5-16(10-15)11-21(24)23-17-7-8-18(23)13-20(12-17)25-19-6-3-9-22-14-19/h2-6,9-10,14,17-18,20H,7-8,11-13H2,1H3. The number of benzene rings is 1. The molecule has 1 aromatic heterocycles. The summed E-state index contributed by atoms with van der Waals surface area (Å²) in [6.45, 7) is 2.07. The van der Waals surface area contributed by atoms with Crippen molar-refractivity contribution in [2.24, 2.45) is 0 Å². The zero-order chi connectivity index (χ0) is 17.2. The molecule has 2 aliphatic heterocycles. The second-order valence-electron chi connectivity index (χ2n) is 7.25. The lowest BCUT2D eigenvalue weighted by Gasteiger charge is -2.39. The molecule has 0 N–H and O–H groups in total. The van der Waals surface area contributed by atoms with Gasteiger partial charge in [0.25, 0.3) is 0 Å². The minimum atomic E-state index is 0.185. The van der Waals surface area contributed by atoms with E-state index in [2.05, 4.69) is 28.9 Å². The smallest absolute Gasteiger partial charge is 0.227 e. The number of carbonyl (C=O) groups is 1. The molecule has 2 fully saturated rings. The Morgan fingerprint density at radius 2 is 2.00 bits per heavy atom. The van der Waals surface area contributed by atoms with E-state index in [1.807, 2.05) is 24.3 Å². The minimum Gasteiger partial charge on any atom is -0.489 e. The summed E-state index contributed by atoms with van der Waals surface area (Å²) in [7, 11) is 0. The first kappa shape index (κ1) is 16.1. The van der Waals surface area contributed by atoms with Crippen LogP contribution in [0.5, 0.6) is 5.75 Å². The molecule has 0 aliphatic carbocycles. The van der Waals surface area contributed by atoms with Crippen LogP contribution in [-0.2, 0) is 11.2 Å². The number of piperidine rings is 1. The van der Waals surface area contributed by atoms with E-state index in [1.54, 1.807) is 12.4 Å². The number of amides is 1. The number of pyridine rings is 1. The molecule has 2 saturated heterocycles. The second kappa shape index (κ2) is 6.87. The highest BCUT2D eigenvalue weighted by Gasteiger charge is 2.43. The van der Waals surface area contributed by atoms with E-state index in [4.69, 9.17) is 4.74 Å². The van der Waals surface area contributed by atoms with Crippen LogP contribution in [0.1, 0.15) is 36.8 Å². The Bertz CT molecular complexity index is 733. The van der Waals surface area contributed by atoms with Gasteiger partial charge in [0.15, 0.2) is 0 Å². The maximum Gasteiger partial charge on any atom is 0.227 e. The summed E-state index contributed by atoms with van der Waals surface area (Å²) in [6, 6.07) is 12.7. The predicted octanol–water partition coefficient (Wildman–Crippen LogP) is 3.53. The maximum atomic E-state index is 12.9. The molecule has 0 saturated carbocycles. The van der Waals surface area contributed by atoms with E-state index in [9.17, 15) is 4.79 Å². The van der Waals surface area contributed by atoms with Gasteiger partial charge in [-0.2, -0.15) is 0 Å². The average molecular weight is 336 g/mol. The summed E-state index contributed by atoms with van der Waals surface area (Å²) >= 11 is 0. The van der Waals surface area contributed by atoms with Crippen molar-refractivity contribution < 1.29 is 9.53 Å². The highest BCUT2D eigenvalue weighted by atomic mass is 16.5. The molecule has 3 heterocycles. The van der Waals surface area contributed by atoms with E-state index in [0.717, 1.165) is 37.0 Å². The van der Waals surface area contributed by atoms with Crippen LogP contribution < -0.4 is 4.74 Å². The number of fused-ring (bicyclic) bond motifs is 2. The van der Waals surface area contributed by atoms with Gasteiger partial charge < -0.3 is 9.64 Å². The number of rotatable bonds is 4. The normalized spacial score (nSPS) is 25.0. The van der Waals surface area contributed by atoms with E-state index >= 15 is 0 Å². The first-order valence-electron chi connectivity index (χ1n) is 9.12. The van der Waals surface area contributed by atoms with Gasteiger partial charge in [0.1, 0.15) is 11.9 Å². The molecule has 2 bridgehead atoms. The fraction of sp³-hybridized carbons (Fsp3) is 0.429. The first-order chi connectivity index (χ1) is 12.2. The average Bonchev–Trinajstić information content (AvgIpc) is 2.87. The van der Waals surface area contributed by atoms with E-state index in [0.29, 0.717) is 18.5 Å².